The zero-order valence-corrected chi connectivity index (χ0v) is 16.0. The van der Waals surface area contributed by atoms with Crippen LogP contribution in [0.4, 0.5) is 0 Å². The predicted octanol–water partition coefficient (Wildman–Crippen LogP) is 3.45. The quantitative estimate of drug-likeness (QED) is 0.661. The third-order valence-corrected chi connectivity index (χ3v) is 4.78. The molecule has 3 heterocycles. The lowest BCUT2D eigenvalue weighted by Gasteiger charge is -2.33. The lowest BCUT2D eigenvalue weighted by molar-refractivity contribution is -0.0407. The van der Waals surface area contributed by atoms with Gasteiger partial charge in [0.1, 0.15) is 12.7 Å². The summed E-state index contributed by atoms with van der Waals surface area (Å²) >= 11 is 5.83. The van der Waals surface area contributed by atoms with Crippen molar-refractivity contribution in [3.8, 4) is 11.6 Å². The molecule has 1 aliphatic rings. The summed E-state index contributed by atoms with van der Waals surface area (Å²) in [5.74, 6) is 0.469. The number of benzene rings is 1. The molecule has 4 rings (SSSR count). The topological polar surface area (TPSA) is 56.6 Å². The lowest BCUT2D eigenvalue weighted by Crippen LogP contribution is -2.47. The Hall–Kier alpha value is -2.83. The number of amides is 1. The van der Waals surface area contributed by atoms with Crippen LogP contribution in [0.3, 0.4) is 0 Å². The number of hydrogen-bond donors (Lipinski definition) is 0. The lowest BCUT2D eigenvalue weighted by atomic mass is 10.1. The van der Waals surface area contributed by atoms with E-state index in [1.165, 1.54) is 6.20 Å². The SMILES string of the molecule is O=C(c1ccccc1-n1cccc1)N1CCOC(COc2ccc(Cl)cn2)C1. The summed E-state index contributed by atoms with van der Waals surface area (Å²) in [6, 6.07) is 14.9. The van der Waals surface area contributed by atoms with Crippen LogP contribution in [0, 0.1) is 0 Å². The number of morpholine rings is 1. The van der Waals surface area contributed by atoms with Crippen LogP contribution >= 0.6 is 11.6 Å². The van der Waals surface area contributed by atoms with Crippen LogP contribution in [-0.4, -0.2) is 52.8 Å². The van der Waals surface area contributed by atoms with Crippen molar-refractivity contribution < 1.29 is 14.3 Å². The molecule has 1 atom stereocenters. The van der Waals surface area contributed by atoms with Gasteiger partial charge in [0.05, 0.1) is 29.4 Å². The Morgan fingerprint density at radius 1 is 1.18 bits per heavy atom. The molecular formula is C21H20ClN3O3. The predicted molar refractivity (Wildman–Crippen MR) is 106 cm³/mol. The first-order chi connectivity index (χ1) is 13.7. The van der Waals surface area contributed by atoms with E-state index in [0.29, 0.717) is 42.8 Å². The largest absolute Gasteiger partial charge is 0.475 e. The van der Waals surface area contributed by atoms with E-state index >= 15 is 0 Å². The number of hydrogen-bond acceptors (Lipinski definition) is 4. The Kier molecular flexibility index (Phi) is 5.60. The normalized spacial score (nSPS) is 16.8. The standard InChI is InChI=1S/C21H20ClN3O3/c22-16-7-8-20(23-13-16)28-15-17-14-25(11-12-27-17)21(26)18-5-1-2-6-19(18)24-9-3-4-10-24/h1-10,13,17H,11-12,14-15H2. The van der Waals surface area contributed by atoms with E-state index in [2.05, 4.69) is 4.98 Å². The summed E-state index contributed by atoms with van der Waals surface area (Å²) in [5, 5.41) is 0.555. The average molecular weight is 398 g/mol. The Morgan fingerprint density at radius 3 is 2.79 bits per heavy atom. The number of carbonyl (C=O) groups is 1. The second-order valence-electron chi connectivity index (χ2n) is 6.48. The molecule has 1 aliphatic heterocycles. The summed E-state index contributed by atoms with van der Waals surface area (Å²) in [7, 11) is 0. The zero-order chi connectivity index (χ0) is 19.3. The number of rotatable bonds is 5. The summed E-state index contributed by atoms with van der Waals surface area (Å²) in [5.41, 5.74) is 1.53. The van der Waals surface area contributed by atoms with Gasteiger partial charge in [0.15, 0.2) is 0 Å². The van der Waals surface area contributed by atoms with Gasteiger partial charge in [-0.2, -0.15) is 0 Å². The highest BCUT2D eigenvalue weighted by Gasteiger charge is 2.27. The van der Waals surface area contributed by atoms with E-state index in [0.717, 1.165) is 5.69 Å². The van der Waals surface area contributed by atoms with Gasteiger partial charge in [-0.1, -0.05) is 23.7 Å². The number of ether oxygens (including phenoxy) is 2. The van der Waals surface area contributed by atoms with Crippen LogP contribution in [0.2, 0.25) is 5.02 Å². The van der Waals surface area contributed by atoms with Crippen LogP contribution in [0.1, 0.15) is 10.4 Å². The van der Waals surface area contributed by atoms with Crippen molar-refractivity contribution in [2.24, 2.45) is 0 Å². The van der Waals surface area contributed by atoms with Gasteiger partial charge in [-0.3, -0.25) is 4.79 Å². The Bertz CT molecular complexity index is 928. The maximum Gasteiger partial charge on any atom is 0.256 e. The molecule has 1 fully saturated rings. The van der Waals surface area contributed by atoms with Crippen molar-refractivity contribution in [3.05, 3.63) is 77.7 Å². The van der Waals surface area contributed by atoms with Gasteiger partial charge in [-0.15, -0.1) is 0 Å². The highest BCUT2D eigenvalue weighted by atomic mass is 35.5. The second kappa shape index (κ2) is 8.46. The summed E-state index contributed by atoms with van der Waals surface area (Å²) in [4.78, 5) is 19.1. The molecule has 2 aromatic heterocycles. The number of halogens is 1. The molecule has 0 spiro atoms. The molecule has 28 heavy (non-hydrogen) atoms. The molecule has 3 aromatic rings. The van der Waals surface area contributed by atoms with E-state index in [9.17, 15) is 4.79 Å². The monoisotopic (exact) mass is 397 g/mol. The van der Waals surface area contributed by atoms with E-state index in [-0.39, 0.29) is 12.0 Å². The molecule has 6 nitrogen and oxygen atoms in total. The Labute approximate surface area is 168 Å². The maximum atomic E-state index is 13.2. The molecule has 1 aromatic carbocycles. The van der Waals surface area contributed by atoms with Crippen molar-refractivity contribution >= 4 is 17.5 Å². The van der Waals surface area contributed by atoms with Gasteiger partial charge >= 0.3 is 0 Å². The van der Waals surface area contributed by atoms with Crippen molar-refractivity contribution in [1.82, 2.24) is 14.5 Å². The molecule has 0 bridgehead atoms. The molecule has 1 unspecified atom stereocenters. The number of pyridine rings is 1. The fourth-order valence-electron chi connectivity index (χ4n) is 3.18. The molecule has 1 amide bonds. The highest BCUT2D eigenvalue weighted by molar-refractivity contribution is 6.30. The number of nitrogens with zero attached hydrogens (tertiary/aromatic N) is 3. The second-order valence-corrected chi connectivity index (χ2v) is 6.91. The van der Waals surface area contributed by atoms with Crippen molar-refractivity contribution in [3.63, 3.8) is 0 Å². The Morgan fingerprint density at radius 2 is 2.00 bits per heavy atom. The number of para-hydroxylation sites is 1. The molecule has 0 radical (unpaired) electrons. The molecule has 0 saturated carbocycles. The smallest absolute Gasteiger partial charge is 0.256 e. The third-order valence-electron chi connectivity index (χ3n) is 4.56. The van der Waals surface area contributed by atoms with Gasteiger partial charge in [0.2, 0.25) is 5.88 Å². The molecule has 0 N–H and O–H groups in total. The zero-order valence-electron chi connectivity index (χ0n) is 15.2. The number of carbonyl (C=O) groups excluding carboxylic acids is 1. The van der Waals surface area contributed by atoms with Crippen LogP contribution in [0.15, 0.2) is 67.1 Å². The van der Waals surface area contributed by atoms with E-state index in [4.69, 9.17) is 21.1 Å². The van der Waals surface area contributed by atoms with Crippen LogP contribution < -0.4 is 4.74 Å². The van der Waals surface area contributed by atoms with Crippen molar-refractivity contribution in [2.75, 3.05) is 26.3 Å². The number of aromatic nitrogens is 2. The molecular weight excluding hydrogens is 378 g/mol. The van der Waals surface area contributed by atoms with Gasteiger partial charge < -0.3 is 18.9 Å². The highest BCUT2D eigenvalue weighted by Crippen LogP contribution is 2.19. The van der Waals surface area contributed by atoms with E-state index < -0.39 is 0 Å². The summed E-state index contributed by atoms with van der Waals surface area (Å²) < 4.78 is 13.4. The molecule has 0 aliphatic carbocycles. The third kappa shape index (κ3) is 4.18. The van der Waals surface area contributed by atoms with Gasteiger partial charge in [0.25, 0.3) is 5.91 Å². The first kappa shape index (κ1) is 18.5. The first-order valence-electron chi connectivity index (χ1n) is 9.08. The van der Waals surface area contributed by atoms with E-state index in [1.807, 2.05) is 58.3 Å². The van der Waals surface area contributed by atoms with Crippen LogP contribution in [0.5, 0.6) is 5.88 Å². The minimum Gasteiger partial charge on any atom is -0.475 e. The van der Waals surface area contributed by atoms with Crippen molar-refractivity contribution in [2.45, 2.75) is 6.10 Å². The average Bonchev–Trinajstić information content (AvgIpc) is 3.28. The van der Waals surface area contributed by atoms with Gasteiger partial charge in [0, 0.05) is 31.2 Å². The fraction of sp³-hybridized carbons (Fsp3) is 0.238. The Balaban J connectivity index is 1.43. The maximum absolute atomic E-state index is 13.2. The minimum atomic E-state index is -0.214. The summed E-state index contributed by atoms with van der Waals surface area (Å²) in [6.07, 6.45) is 5.18. The summed E-state index contributed by atoms with van der Waals surface area (Å²) in [6.45, 7) is 1.80. The first-order valence-corrected chi connectivity index (χ1v) is 9.46. The van der Waals surface area contributed by atoms with E-state index in [1.54, 1.807) is 12.1 Å². The van der Waals surface area contributed by atoms with Crippen LogP contribution in [-0.2, 0) is 4.74 Å². The van der Waals surface area contributed by atoms with Crippen molar-refractivity contribution in [1.29, 1.82) is 0 Å². The minimum absolute atomic E-state index is 0.0118. The van der Waals surface area contributed by atoms with Gasteiger partial charge in [-0.05, 0) is 30.3 Å². The molecule has 7 heteroatoms. The molecule has 1 saturated heterocycles. The van der Waals surface area contributed by atoms with Gasteiger partial charge in [-0.25, -0.2) is 4.98 Å². The van der Waals surface area contributed by atoms with Crippen LogP contribution in [0.25, 0.3) is 5.69 Å². The molecule has 144 valence electrons. The fourth-order valence-corrected chi connectivity index (χ4v) is 3.29.